The van der Waals surface area contributed by atoms with Crippen LogP contribution in [0.1, 0.15) is 70.6 Å². The number of carbonyl (C=O) groups excluding carboxylic acids is 2. The van der Waals surface area contributed by atoms with Crippen molar-refractivity contribution in [2.75, 3.05) is 6.54 Å². The Kier molecular flexibility index (Phi) is 5.21. The van der Waals surface area contributed by atoms with E-state index in [1.165, 1.54) is 38.5 Å². The highest BCUT2D eigenvalue weighted by Gasteiger charge is 2.35. The summed E-state index contributed by atoms with van der Waals surface area (Å²) in [6, 6.07) is 0.628. The van der Waals surface area contributed by atoms with Gasteiger partial charge in [-0.2, -0.15) is 0 Å². The van der Waals surface area contributed by atoms with E-state index in [-0.39, 0.29) is 18.0 Å². The van der Waals surface area contributed by atoms with Crippen molar-refractivity contribution in [1.82, 2.24) is 15.5 Å². The van der Waals surface area contributed by atoms with Crippen molar-refractivity contribution in [2.45, 2.75) is 88.8 Å². The van der Waals surface area contributed by atoms with Crippen LogP contribution in [0.3, 0.4) is 0 Å². The molecule has 0 bridgehead atoms. The van der Waals surface area contributed by atoms with Crippen LogP contribution in [0.4, 0.5) is 4.79 Å². The molecule has 3 fully saturated rings. The second kappa shape index (κ2) is 7.34. The summed E-state index contributed by atoms with van der Waals surface area (Å²) in [4.78, 5) is 26.3. The van der Waals surface area contributed by atoms with Gasteiger partial charge in [0, 0.05) is 25.0 Å². The van der Waals surface area contributed by atoms with Gasteiger partial charge in [-0.3, -0.25) is 4.79 Å². The minimum atomic E-state index is -0.0878. The molecule has 5 heteroatoms. The standard InChI is InChI=1S/C17H29N3O2/c21-16-11-14(12-20(16)15-9-5-2-6-10-15)19-17(22)18-13-7-3-1-4-8-13/h13-15H,1-12H2,(H2,18,19,22). The zero-order chi connectivity index (χ0) is 15.4. The number of likely N-dealkylation sites (tertiary alicyclic amines) is 1. The molecule has 2 N–H and O–H groups in total. The molecule has 22 heavy (non-hydrogen) atoms. The van der Waals surface area contributed by atoms with Gasteiger partial charge in [0.05, 0.1) is 6.04 Å². The van der Waals surface area contributed by atoms with Gasteiger partial charge in [-0.1, -0.05) is 38.5 Å². The molecule has 0 aromatic rings. The second-order valence-electron chi connectivity index (χ2n) is 7.19. The van der Waals surface area contributed by atoms with Crippen LogP contribution < -0.4 is 10.6 Å². The number of urea groups is 1. The predicted molar refractivity (Wildman–Crippen MR) is 85.5 cm³/mol. The molecule has 0 aromatic carbocycles. The third kappa shape index (κ3) is 3.93. The molecule has 1 aliphatic heterocycles. The molecule has 3 amide bonds. The zero-order valence-corrected chi connectivity index (χ0v) is 13.5. The van der Waals surface area contributed by atoms with Gasteiger partial charge in [-0.05, 0) is 25.7 Å². The molecular weight excluding hydrogens is 278 g/mol. The van der Waals surface area contributed by atoms with Gasteiger partial charge in [0.1, 0.15) is 0 Å². The van der Waals surface area contributed by atoms with Gasteiger partial charge in [0.2, 0.25) is 5.91 Å². The minimum absolute atomic E-state index is 0.0157. The summed E-state index contributed by atoms with van der Waals surface area (Å²) in [6.07, 6.45) is 12.4. The number of rotatable bonds is 3. The molecule has 1 saturated heterocycles. The lowest BCUT2D eigenvalue weighted by Gasteiger charge is -2.31. The average molecular weight is 307 g/mol. The lowest BCUT2D eigenvalue weighted by Crippen LogP contribution is -2.48. The molecule has 1 heterocycles. The highest BCUT2D eigenvalue weighted by Crippen LogP contribution is 2.26. The Balaban J connectivity index is 1.44. The van der Waals surface area contributed by atoms with Crippen LogP contribution in [0.2, 0.25) is 0 Å². The Morgan fingerprint density at radius 1 is 0.864 bits per heavy atom. The second-order valence-corrected chi connectivity index (χ2v) is 7.19. The van der Waals surface area contributed by atoms with E-state index in [1.807, 2.05) is 4.90 Å². The lowest BCUT2D eigenvalue weighted by molar-refractivity contribution is -0.130. The number of carbonyl (C=O) groups is 2. The summed E-state index contributed by atoms with van der Waals surface area (Å²) >= 11 is 0. The maximum Gasteiger partial charge on any atom is 0.315 e. The average Bonchev–Trinajstić information content (AvgIpc) is 2.89. The molecule has 0 spiro atoms. The molecule has 0 aromatic heterocycles. The predicted octanol–water partition coefficient (Wildman–Crippen LogP) is 2.55. The Bertz CT molecular complexity index is 401. The molecule has 3 rings (SSSR count). The van der Waals surface area contributed by atoms with Crippen LogP contribution in [0.15, 0.2) is 0 Å². The van der Waals surface area contributed by atoms with Crippen molar-refractivity contribution < 1.29 is 9.59 Å². The summed E-state index contributed by atoms with van der Waals surface area (Å²) in [5.41, 5.74) is 0. The topological polar surface area (TPSA) is 61.4 Å². The first-order chi connectivity index (χ1) is 10.7. The summed E-state index contributed by atoms with van der Waals surface area (Å²) in [6.45, 7) is 0.696. The van der Waals surface area contributed by atoms with Crippen molar-refractivity contribution in [3.05, 3.63) is 0 Å². The normalized spacial score (nSPS) is 27.9. The van der Waals surface area contributed by atoms with E-state index in [9.17, 15) is 9.59 Å². The third-order valence-electron chi connectivity index (χ3n) is 5.45. The zero-order valence-electron chi connectivity index (χ0n) is 13.5. The number of hydrogen-bond acceptors (Lipinski definition) is 2. The fourth-order valence-electron chi connectivity index (χ4n) is 4.23. The monoisotopic (exact) mass is 307 g/mol. The largest absolute Gasteiger partial charge is 0.338 e. The van der Waals surface area contributed by atoms with Crippen LogP contribution >= 0.6 is 0 Å². The fraction of sp³-hybridized carbons (Fsp3) is 0.882. The summed E-state index contributed by atoms with van der Waals surface area (Å²) in [7, 11) is 0. The van der Waals surface area contributed by atoms with Gasteiger partial charge in [0.25, 0.3) is 0 Å². The van der Waals surface area contributed by atoms with Crippen molar-refractivity contribution in [1.29, 1.82) is 0 Å². The smallest absolute Gasteiger partial charge is 0.315 e. The van der Waals surface area contributed by atoms with Gasteiger partial charge >= 0.3 is 6.03 Å². The van der Waals surface area contributed by atoms with Gasteiger partial charge in [0.15, 0.2) is 0 Å². The third-order valence-corrected chi connectivity index (χ3v) is 5.45. The highest BCUT2D eigenvalue weighted by atomic mass is 16.2. The summed E-state index contributed by atoms with van der Waals surface area (Å²) in [5.74, 6) is 0.217. The highest BCUT2D eigenvalue weighted by molar-refractivity contribution is 5.82. The van der Waals surface area contributed by atoms with E-state index >= 15 is 0 Å². The fourth-order valence-corrected chi connectivity index (χ4v) is 4.23. The number of amides is 3. The van der Waals surface area contributed by atoms with Crippen LogP contribution in [-0.2, 0) is 4.79 Å². The van der Waals surface area contributed by atoms with E-state index in [2.05, 4.69) is 10.6 Å². The molecule has 124 valence electrons. The SMILES string of the molecule is O=C(NC1CCCCC1)NC1CC(=O)N(C2CCCCC2)C1. The number of hydrogen-bond donors (Lipinski definition) is 2. The summed E-state index contributed by atoms with van der Waals surface area (Å²) < 4.78 is 0. The Morgan fingerprint density at radius 2 is 1.45 bits per heavy atom. The van der Waals surface area contributed by atoms with Crippen LogP contribution in [0.5, 0.6) is 0 Å². The van der Waals surface area contributed by atoms with Gasteiger partial charge in [-0.25, -0.2) is 4.79 Å². The first kappa shape index (κ1) is 15.6. The molecule has 2 saturated carbocycles. The Morgan fingerprint density at radius 3 is 2.14 bits per heavy atom. The van der Waals surface area contributed by atoms with Gasteiger partial charge in [-0.15, -0.1) is 0 Å². The first-order valence-electron chi connectivity index (χ1n) is 9.09. The van der Waals surface area contributed by atoms with E-state index in [0.717, 1.165) is 25.7 Å². The molecule has 2 aliphatic carbocycles. The lowest BCUT2D eigenvalue weighted by atomic mass is 9.94. The Labute approximate surface area is 133 Å². The molecule has 0 radical (unpaired) electrons. The van der Waals surface area contributed by atoms with E-state index in [1.54, 1.807) is 0 Å². The maximum absolute atomic E-state index is 12.2. The first-order valence-corrected chi connectivity index (χ1v) is 9.09. The van der Waals surface area contributed by atoms with Crippen LogP contribution in [-0.4, -0.2) is 41.5 Å². The van der Waals surface area contributed by atoms with E-state index < -0.39 is 0 Å². The maximum atomic E-state index is 12.2. The molecule has 1 unspecified atom stereocenters. The molecular formula is C17H29N3O2. The van der Waals surface area contributed by atoms with Gasteiger partial charge < -0.3 is 15.5 Å². The molecule has 3 aliphatic rings. The minimum Gasteiger partial charge on any atom is -0.338 e. The van der Waals surface area contributed by atoms with Crippen molar-refractivity contribution in [3.63, 3.8) is 0 Å². The molecule has 5 nitrogen and oxygen atoms in total. The van der Waals surface area contributed by atoms with Crippen molar-refractivity contribution >= 4 is 11.9 Å². The van der Waals surface area contributed by atoms with E-state index in [0.29, 0.717) is 25.0 Å². The number of nitrogens with one attached hydrogen (secondary N) is 2. The van der Waals surface area contributed by atoms with Crippen LogP contribution in [0.25, 0.3) is 0 Å². The van der Waals surface area contributed by atoms with Crippen LogP contribution in [0, 0.1) is 0 Å². The summed E-state index contributed by atoms with van der Waals surface area (Å²) in [5, 5.41) is 6.09. The van der Waals surface area contributed by atoms with Crippen molar-refractivity contribution in [2.24, 2.45) is 0 Å². The quantitative estimate of drug-likeness (QED) is 0.842. The Hall–Kier alpha value is -1.26. The molecule has 1 atom stereocenters. The number of nitrogens with zero attached hydrogens (tertiary/aromatic N) is 1. The van der Waals surface area contributed by atoms with Crippen molar-refractivity contribution in [3.8, 4) is 0 Å². The van der Waals surface area contributed by atoms with E-state index in [4.69, 9.17) is 0 Å².